The van der Waals surface area contributed by atoms with E-state index in [1.165, 1.54) is 36.0 Å². The van der Waals surface area contributed by atoms with Crippen molar-refractivity contribution in [2.24, 2.45) is 5.41 Å². The maximum atomic E-state index is 10.4. The first-order valence-electron chi connectivity index (χ1n) is 8.91. The predicted octanol–water partition coefficient (Wildman–Crippen LogP) is 3.75. The molecule has 25 heavy (non-hydrogen) atoms. The fourth-order valence-corrected chi connectivity index (χ4v) is 3.02. The summed E-state index contributed by atoms with van der Waals surface area (Å²) in [4.78, 5) is 13.1. The van der Waals surface area contributed by atoms with E-state index in [0.717, 1.165) is 5.57 Å². The van der Waals surface area contributed by atoms with Crippen LogP contribution in [0.25, 0.3) is 0 Å². The second kappa shape index (κ2) is 9.97. The first-order chi connectivity index (χ1) is 11.7. The molecule has 0 aliphatic heterocycles. The molecule has 0 saturated heterocycles. The molecule has 0 aromatic rings. The molecule has 0 radical (unpaired) electrons. The normalized spacial score (nSPS) is 19.6. The summed E-state index contributed by atoms with van der Waals surface area (Å²) in [5.74, 6) is -0.866. The molecule has 0 aromatic carbocycles. The quantitative estimate of drug-likeness (QED) is 0.547. The van der Waals surface area contributed by atoms with E-state index in [1.807, 2.05) is 25.2 Å². The summed E-state index contributed by atoms with van der Waals surface area (Å²) in [6.07, 6.45) is 17.8. The van der Waals surface area contributed by atoms with Crippen molar-refractivity contribution in [1.29, 1.82) is 0 Å². The van der Waals surface area contributed by atoms with Gasteiger partial charge in [-0.1, -0.05) is 55.4 Å². The van der Waals surface area contributed by atoms with Crippen LogP contribution in [0.2, 0.25) is 0 Å². The number of nitrogens with one attached hydrogen (secondary N) is 1. The van der Waals surface area contributed by atoms with Crippen molar-refractivity contribution in [1.82, 2.24) is 0 Å². The van der Waals surface area contributed by atoms with Crippen molar-refractivity contribution in [3.8, 4) is 0 Å². The van der Waals surface area contributed by atoms with Crippen molar-refractivity contribution in [2.75, 3.05) is 6.54 Å². The third kappa shape index (κ3) is 7.97. The smallest absolute Gasteiger partial charge is 0.369 e. The lowest BCUT2D eigenvalue weighted by atomic mass is 9.72. The Kier molecular flexibility index (Phi) is 8.33. The van der Waals surface area contributed by atoms with Crippen LogP contribution in [-0.2, 0) is 4.79 Å². The van der Waals surface area contributed by atoms with Crippen LogP contribution in [-0.4, -0.2) is 23.8 Å². The van der Waals surface area contributed by atoms with Crippen LogP contribution in [0.5, 0.6) is 0 Å². The number of aliphatic carboxylic acids is 1. The van der Waals surface area contributed by atoms with E-state index in [0.29, 0.717) is 0 Å². The van der Waals surface area contributed by atoms with Crippen molar-refractivity contribution in [3.63, 3.8) is 0 Å². The summed E-state index contributed by atoms with van der Waals surface area (Å²) in [6.45, 7) is 10.9. The van der Waals surface area contributed by atoms with Gasteiger partial charge in [-0.3, -0.25) is 0 Å². The van der Waals surface area contributed by atoms with Crippen LogP contribution in [0.3, 0.4) is 0 Å². The standard InChI is InChI=1S/C22H31NO2/c1-17(8-6-9-18(2)13-15-23-16-21(24)25)11-12-20-19(3)10-7-14-22(20,4)5/h6,8-9,11-13,15H,7,10,14,16H2,1-5H3,(H,24,25)/p+1/b9-6+,12-11+,17-8+,18-13+,23-15?. The van der Waals surface area contributed by atoms with Crippen molar-refractivity contribution in [3.05, 3.63) is 58.7 Å². The fraction of sp³-hybridized carbons (Fsp3) is 0.455. The third-order valence-electron chi connectivity index (χ3n) is 4.49. The Bertz CT molecular complexity index is 656. The lowest BCUT2D eigenvalue weighted by Gasteiger charge is -2.32. The molecule has 0 aromatic heterocycles. The maximum absolute atomic E-state index is 10.4. The predicted molar refractivity (Wildman–Crippen MR) is 106 cm³/mol. The summed E-state index contributed by atoms with van der Waals surface area (Å²) < 4.78 is 0. The minimum Gasteiger partial charge on any atom is -0.477 e. The highest BCUT2D eigenvalue weighted by molar-refractivity contribution is 5.71. The van der Waals surface area contributed by atoms with E-state index in [-0.39, 0.29) is 12.0 Å². The van der Waals surface area contributed by atoms with Crippen molar-refractivity contribution >= 4 is 12.2 Å². The van der Waals surface area contributed by atoms with E-state index in [4.69, 9.17) is 5.11 Å². The van der Waals surface area contributed by atoms with Gasteiger partial charge in [-0.2, -0.15) is 0 Å². The average Bonchev–Trinajstić information content (AvgIpc) is 2.50. The zero-order valence-electron chi connectivity index (χ0n) is 16.2. The third-order valence-corrected chi connectivity index (χ3v) is 4.49. The molecule has 1 aliphatic rings. The van der Waals surface area contributed by atoms with Gasteiger partial charge in [0, 0.05) is 6.08 Å². The lowest BCUT2D eigenvalue weighted by Crippen LogP contribution is -2.71. The van der Waals surface area contributed by atoms with Crippen LogP contribution in [0.15, 0.2) is 58.7 Å². The molecule has 0 heterocycles. The zero-order chi connectivity index (χ0) is 18.9. The molecule has 2 N–H and O–H groups in total. The molecule has 1 aliphatic carbocycles. The Morgan fingerprint density at radius 2 is 1.88 bits per heavy atom. The molecule has 1 rings (SSSR count). The van der Waals surface area contributed by atoms with Gasteiger partial charge in [0.25, 0.3) is 0 Å². The lowest BCUT2D eigenvalue weighted by molar-refractivity contribution is -0.440. The molecule has 0 saturated carbocycles. The summed E-state index contributed by atoms with van der Waals surface area (Å²) in [7, 11) is 0. The Labute approximate surface area is 152 Å². The molecule has 136 valence electrons. The zero-order valence-corrected chi connectivity index (χ0v) is 16.2. The molecule has 0 spiro atoms. The first kappa shape index (κ1) is 20.9. The van der Waals surface area contributed by atoms with Crippen LogP contribution in [0.1, 0.15) is 53.9 Å². The number of carboxylic acid groups (broad SMARTS) is 1. The first-order valence-corrected chi connectivity index (χ1v) is 8.91. The van der Waals surface area contributed by atoms with Gasteiger partial charge < -0.3 is 5.11 Å². The van der Waals surface area contributed by atoms with Crippen LogP contribution in [0, 0.1) is 5.41 Å². The Balaban J connectivity index is 2.68. The van der Waals surface area contributed by atoms with Crippen molar-refractivity contribution < 1.29 is 14.9 Å². The Hall–Kier alpha value is -2.16. The van der Waals surface area contributed by atoms with Crippen molar-refractivity contribution in [2.45, 2.75) is 53.9 Å². The van der Waals surface area contributed by atoms with Crippen LogP contribution >= 0.6 is 0 Å². The SMILES string of the molecule is CC1=C(/C=C/C(C)=C/C=C/C(C)=C/C=[NH+]CC(=O)O)C(C)(C)CCC1. The Morgan fingerprint density at radius 3 is 2.52 bits per heavy atom. The Morgan fingerprint density at radius 1 is 1.20 bits per heavy atom. The van der Waals surface area contributed by atoms with Gasteiger partial charge in [0.15, 0.2) is 6.21 Å². The topological polar surface area (TPSA) is 51.3 Å². The number of hydrogen-bond acceptors (Lipinski definition) is 1. The van der Waals surface area contributed by atoms with Gasteiger partial charge in [0.05, 0.1) is 0 Å². The summed E-state index contributed by atoms with van der Waals surface area (Å²) in [6, 6.07) is 0. The second-order valence-corrected chi connectivity index (χ2v) is 7.39. The van der Waals surface area contributed by atoms with Gasteiger partial charge in [-0.25, -0.2) is 9.79 Å². The maximum Gasteiger partial charge on any atom is 0.369 e. The van der Waals surface area contributed by atoms with Gasteiger partial charge >= 0.3 is 5.97 Å². The van der Waals surface area contributed by atoms with E-state index >= 15 is 0 Å². The minimum absolute atomic E-state index is 0.0666. The van der Waals surface area contributed by atoms with E-state index < -0.39 is 5.97 Å². The fourth-order valence-electron chi connectivity index (χ4n) is 3.02. The second-order valence-electron chi connectivity index (χ2n) is 7.39. The highest BCUT2D eigenvalue weighted by Crippen LogP contribution is 2.40. The number of carbonyl (C=O) groups is 1. The molecular formula is C22H32NO2+. The van der Waals surface area contributed by atoms with Gasteiger partial charge in [-0.15, -0.1) is 0 Å². The van der Waals surface area contributed by atoms with E-state index in [1.54, 1.807) is 6.21 Å². The van der Waals surface area contributed by atoms with Crippen LogP contribution < -0.4 is 4.99 Å². The van der Waals surface area contributed by atoms with Gasteiger partial charge in [-0.05, 0) is 56.6 Å². The number of rotatable bonds is 7. The van der Waals surface area contributed by atoms with E-state index in [9.17, 15) is 4.79 Å². The van der Waals surface area contributed by atoms with Gasteiger partial charge in [0.2, 0.25) is 6.54 Å². The average molecular weight is 343 g/mol. The minimum atomic E-state index is -0.866. The molecule has 3 nitrogen and oxygen atoms in total. The number of allylic oxidation sites excluding steroid dienone is 10. The summed E-state index contributed by atoms with van der Waals surface area (Å²) >= 11 is 0. The number of hydrogen-bond donors (Lipinski definition) is 2. The summed E-state index contributed by atoms with van der Waals surface area (Å²) in [5, 5.41) is 8.54. The van der Waals surface area contributed by atoms with E-state index in [2.05, 4.69) is 50.9 Å². The molecule has 0 bridgehead atoms. The molecular weight excluding hydrogens is 310 g/mol. The summed E-state index contributed by atoms with van der Waals surface area (Å²) in [5.41, 5.74) is 5.52. The molecule has 0 fully saturated rings. The highest BCUT2D eigenvalue weighted by atomic mass is 16.4. The number of carboxylic acids is 1. The monoisotopic (exact) mass is 342 g/mol. The largest absolute Gasteiger partial charge is 0.477 e. The van der Waals surface area contributed by atoms with Crippen LogP contribution in [0.4, 0.5) is 0 Å². The molecule has 0 unspecified atom stereocenters. The molecule has 0 amide bonds. The highest BCUT2D eigenvalue weighted by Gasteiger charge is 2.26. The molecule has 0 atom stereocenters. The van der Waals surface area contributed by atoms with Gasteiger partial charge in [0.1, 0.15) is 0 Å². The molecule has 3 heteroatoms.